The molecule has 6 heteroatoms. The summed E-state index contributed by atoms with van der Waals surface area (Å²) in [5.74, 6) is 1.63. The molecule has 0 amide bonds. The van der Waals surface area contributed by atoms with Gasteiger partial charge in [-0.3, -0.25) is 9.58 Å². The molecule has 6 nitrogen and oxygen atoms in total. The van der Waals surface area contributed by atoms with Gasteiger partial charge in [0, 0.05) is 32.1 Å². The van der Waals surface area contributed by atoms with Crippen LogP contribution in [0.25, 0.3) is 11.0 Å². The molecule has 5 rings (SSSR count). The van der Waals surface area contributed by atoms with Crippen LogP contribution in [0.15, 0.2) is 24.3 Å². The van der Waals surface area contributed by atoms with Gasteiger partial charge in [-0.05, 0) is 57.0 Å². The molecule has 1 saturated heterocycles. The summed E-state index contributed by atoms with van der Waals surface area (Å²) >= 11 is 0. The second kappa shape index (κ2) is 7.09. The molecule has 1 atom stereocenters. The van der Waals surface area contributed by atoms with E-state index in [-0.39, 0.29) is 0 Å². The molecular formula is C21H28N6. The largest absolute Gasteiger partial charge is 0.342 e. The minimum absolute atomic E-state index is 0.479. The number of imidazole rings is 1. The molecule has 27 heavy (non-hydrogen) atoms. The van der Waals surface area contributed by atoms with Crippen molar-refractivity contribution in [2.45, 2.75) is 51.7 Å². The second-order valence-corrected chi connectivity index (χ2v) is 8.05. The van der Waals surface area contributed by atoms with E-state index in [2.05, 4.69) is 51.1 Å². The van der Waals surface area contributed by atoms with Crippen LogP contribution in [0, 0.1) is 6.92 Å². The van der Waals surface area contributed by atoms with Gasteiger partial charge in [0.15, 0.2) is 0 Å². The van der Waals surface area contributed by atoms with Gasteiger partial charge in [0.1, 0.15) is 5.82 Å². The Morgan fingerprint density at radius 2 is 2.19 bits per heavy atom. The molecule has 1 fully saturated rings. The Labute approximate surface area is 160 Å². The summed E-state index contributed by atoms with van der Waals surface area (Å²) in [7, 11) is 0. The van der Waals surface area contributed by atoms with Gasteiger partial charge >= 0.3 is 0 Å². The maximum atomic E-state index is 4.93. The fraction of sp³-hybridized carbons (Fsp3) is 0.524. The van der Waals surface area contributed by atoms with Crippen molar-refractivity contribution < 1.29 is 0 Å². The zero-order valence-electron chi connectivity index (χ0n) is 16.0. The summed E-state index contributed by atoms with van der Waals surface area (Å²) in [6.07, 6.45) is 3.58. The highest BCUT2D eigenvalue weighted by molar-refractivity contribution is 5.78. The molecule has 0 spiro atoms. The number of piperidine rings is 1. The van der Waals surface area contributed by atoms with Crippen LogP contribution in [-0.2, 0) is 19.6 Å². The van der Waals surface area contributed by atoms with Gasteiger partial charge in [0.2, 0.25) is 0 Å². The van der Waals surface area contributed by atoms with Crippen molar-refractivity contribution in [1.82, 2.24) is 30.0 Å². The van der Waals surface area contributed by atoms with Gasteiger partial charge < -0.3 is 10.3 Å². The lowest BCUT2D eigenvalue weighted by molar-refractivity contribution is 0.194. The third kappa shape index (κ3) is 3.39. The number of aromatic amines is 1. The Morgan fingerprint density at radius 3 is 3.11 bits per heavy atom. The minimum atomic E-state index is 0.479. The van der Waals surface area contributed by atoms with E-state index >= 15 is 0 Å². The molecule has 0 unspecified atom stereocenters. The Hall–Kier alpha value is -2.18. The number of para-hydroxylation sites is 1. The predicted molar refractivity (Wildman–Crippen MR) is 107 cm³/mol. The topological polar surface area (TPSA) is 61.8 Å². The molecule has 1 aromatic carbocycles. The van der Waals surface area contributed by atoms with Crippen LogP contribution in [0.5, 0.6) is 0 Å². The Morgan fingerprint density at radius 1 is 1.22 bits per heavy atom. The van der Waals surface area contributed by atoms with E-state index in [0.29, 0.717) is 5.92 Å². The SMILES string of the molecule is Cc1cccc2[nH]c([C@@H]3CCCN(Cc4cc5n(n4)CCCNC5)C3)nc12. The minimum Gasteiger partial charge on any atom is -0.342 e. The highest BCUT2D eigenvalue weighted by atomic mass is 15.3. The smallest absolute Gasteiger partial charge is 0.111 e. The van der Waals surface area contributed by atoms with Crippen LogP contribution in [0.3, 0.4) is 0 Å². The number of nitrogens with zero attached hydrogens (tertiary/aromatic N) is 4. The first-order valence-electron chi connectivity index (χ1n) is 10.2. The molecule has 3 aromatic rings. The van der Waals surface area contributed by atoms with Gasteiger partial charge in [-0.25, -0.2) is 4.98 Å². The molecule has 2 aliphatic rings. The van der Waals surface area contributed by atoms with Gasteiger partial charge in [-0.1, -0.05) is 12.1 Å². The number of likely N-dealkylation sites (tertiary alicyclic amines) is 1. The van der Waals surface area contributed by atoms with E-state index in [9.17, 15) is 0 Å². The quantitative estimate of drug-likeness (QED) is 0.750. The predicted octanol–water partition coefficient (Wildman–Crippen LogP) is 2.94. The second-order valence-electron chi connectivity index (χ2n) is 8.05. The molecular weight excluding hydrogens is 336 g/mol. The monoisotopic (exact) mass is 364 g/mol. The first kappa shape index (κ1) is 17.0. The van der Waals surface area contributed by atoms with Gasteiger partial charge in [0.05, 0.1) is 22.4 Å². The molecule has 2 aliphatic heterocycles. The van der Waals surface area contributed by atoms with E-state index in [1.165, 1.54) is 29.8 Å². The van der Waals surface area contributed by atoms with Crippen molar-refractivity contribution in [2.24, 2.45) is 0 Å². The van der Waals surface area contributed by atoms with Crippen LogP contribution in [0.2, 0.25) is 0 Å². The van der Waals surface area contributed by atoms with Gasteiger partial charge in [-0.2, -0.15) is 5.10 Å². The molecule has 0 bridgehead atoms. The molecule has 0 saturated carbocycles. The lowest BCUT2D eigenvalue weighted by Crippen LogP contribution is -2.34. The van der Waals surface area contributed by atoms with Crippen LogP contribution < -0.4 is 5.32 Å². The first-order valence-corrected chi connectivity index (χ1v) is 10.2. The highest BCUT2D eigenvalue weighted by Gasteiger charge is 2.25. The lowest BCUT2D eigenvalue weighted by atomic mass is 9.97. The number of hydrogen-bond donors (Lipinski definition) is 2. The first-order chi connectivity index (χ1) is 13.3. The molecule has 0 aliphatic carbocycles. The van der Waals surface area contributed by atoms with Crippen molar-refractivity contribution >= 4 is 11.0 Å². The summed E-state index contributed by atoms with van der Waals surface area (Å²) < 4.78 is 2.19. The van der Waals surface area contributed by atoms with E-state index < -0.39 is 0 Å². The number of fused-ring (bicyclic) bond motifs is 2. The fourth-order valence-electron chi connectivity index (χ4n) is 4.54. The van der Waals surface area contributed by atoms with Crippen molar-refractivity contribution in [3.63, 3.8) is 0 Å². The number of hydrogen-bond acceptors (Lipinski definition) is 4. The zero-order valence-corrected chi connectivity index (χ0v) is 16.0. The third-order valence-corrected chi connectivity index (χ3v) is 5.95. The van der Waals surface area contributed by atoms with Crippen molar-refractivity contribution in [3.05, 3.63) is 47.0 Å². The Balaban J connectivity index is 1.31. The van der Waals surface area contributed by atoms with Crippen LogP contribution in [0.4, 0.5) is 0 Å². The van der Waals surface area contributed by atoms with E-state index in [0.717, 1.165) is 62.5 Å². The number of aryl methyl sites for hydroxylation is 2. The standard InChI is InChI=1S/C21H28N6/c1-15-5-2-7-19-20(15)24-21(23-19)16-6-3-9-26(13-16)14-17-11-18-12-22-8-4-10-27(18)25-17/h2,5,7,11,16,22H,3-4,6,8-10,12-14H2,1H3,(H,23,24)/t16-/m1/s1. The third-order valence-electron chi connectivity index (χ3n) is 5.95. The summed E-state index contributed by atoms with van der Waals surface area (Å²) in [6, 6.07) is 8.65. The highest BCUT2D eigenvalue weighted by Crippen LogP contribution is 2.28. The summed E-state index contributed by atoms with van der Waals surface area (Å²) in [6.45, 7) is 8.34. The van der Waals surface area contributed by atoms with Crippen LogP contribution in [-0.4, -0.2) is 44.3 Å². The average molecular weight is 364 g/mol. The summed E-state index contributed by atoms with van der Waals surface area (Å²) in [5.41, 5.74) is 6.05. The maximum Gasteiger partial charge on any atom is 0.111 e. The number of nitrogens with one attached hydrogen (secondary N) is 2. The number of rotatable bonds is 3. The molecule has 4 heterocycles. The molecule has 0 radical (unpaired) electrons. The number of benzene rings is 1. The fourth-order valence-corrected chi connectivity index (χ4v) is 4.54. The van der Waals surface area contributed by atoms with Crippen molar-refractivity contribution in [2.75, 3.05) is 19.6 Å². The summed E-state index contributed by atoms with van der Waals surface area (Å²) in [5, 5.41) is 8.34. The number of aromatic nitrogens is 4. The van der Waals surface area contributed by atoms with Crippen LogP contribution >= 0.6 is 0 Å². The molecule has 142 valence electrons. The lowest BCUT2D eigenvalue weighted by Gasteiger charge is -2.31. The normalized spacial score (nSPS) is 21.3. The van der Waals surface area contributed by atoms with E-state index in [1.54, 1.807) is 0 Å². The van der Waals surface area contributed by atoms with E-state index in [4.69, 9.17) is 10.1 Å². The Bertz CT molecular complexity index is 916. The number of H-pyrrole nitrogens is 1. The van der Waals surface area contributed by atoms with Crippen molar-refractivity contribution in [3.8, 4) is 0 Å². The average Bonchev–Trinajstić information content (AvgIpc) is 3.21. The van der Waals surface area contributed by atoms with E-state index in [1.807, 2.05) is 0 Å². The maximum absolute atomic E-state index is 4.93. The van der Waals surface area contributed by atoms with Crippen LogP contribution in [0.1, 0.15) is 48.0 Å². The van der Waals surface area contributed by atoms with Crippen molar-refractivity contribution in [1.29, 1.82) is 0 Å². The zero-order chi connectivity index (χ0) is 18.2. The molecule has 2 N–H and O–H groups in total. The molecule has 2 aromatic heterocycles. The Kier molecular flexibility index (Phi) is 4.45. The van der Waals surface area contributed by atoms with Gasteiger partial charge in [0.25, 0.3) is 0 Å². The summed E-state index contributed by atoms with van der Waals surface area (Å²) in [4.78, 5) is 11.0. The van der Waals surface area contributed by atoms with Gasteiger partial charge in [-0.15, -0.1) is 0 Å².